The molecule has 0 spiro atoms. The first-order valence-corrected chi connectivity index (χ1v) is 10.1. The smallest absolute Gasteiger partial charge is 0.268 e. The first-order chi connectivity index (χ1) is 16.0. The van der Waals surface area contributed by atoms with Crippen LogP contribution in [0.5, 0.6) is 0 Å². The maximum absolute atomic E-state index is 13.3. The molecule has 2 heterocycles. The molecule has 4 rings (SSSR count). The lowest BCUT2D eigenvalue weighted by Crippen LogP contribution is -2.40. The van der Waals surface area contributed by atoms with Crippen LogP contribution in [0.25, 0.3) is 22.6 Å². The number of rotatable bonds is 3. The molecular weight excluding hydrogens is 447 g/mol. The molecule has 0 N–H and O–H groups in total. The number of nitrogens with zero attached hydrogens (tertiary/aromatic N) is 5. The van der Waals surface area contributed by atoms with E-state index in [9.17, 15) is 22.8 Å². The highest BCUT2D eigenvalue weighted by molar-refractivity contribution is 5.68. The topological polar surface area (TPSA) is 85.6 Å². The normalized spacial score (nSPS) is 11.4. The first kappa shape index (κ1) is 22.8. The standard InChI is InChI=1S/C24H18F3N5O2/c1-14-13-29-32(18-9-7-16(12-28)8-10-18)21(14)20-15(2)31(23(34)30(3)22(20)33)19-6-4-5-17(11-19)24(25,26)27/h4-11,13H,1-3H3. The van der Waals surface area contributed by atoms with E-state index in [0.717, 1.165) is 21.3 Å². The van der Waals surface area contributed by atoms with Crippen molar-refractivity contribution in [3.05, 3.63) is 98.0 Å². The van der Waals surface area contributed by atoms with Gasteiger partial charge in [0.15, 0.2) is 0 Å². The number of hydrogen-bond donors (Lipinski definition) is 0. The van der Waals surface area contributed by atoms with Crippen LogP contribution in [0.4, 0.5) is 13.2 Å². The fraction of sp³-hybridized carbons (Fsp3) is 0.167. The highest BCUT2D eigenvalue weighted by atomic mass is 19.4. The third-order valence-corrected chi connectivity index (χ3v) is 5.56. The van der Waals surface area contributed by atoms with E-state index in [0.29, 0.717) is 22.5 Å². The van der Waals surface area contributed by atoms with E-state index in [1.165, 1.54) is 30.8 Å². The summed E-state index contributed by atoms with van der Waals surface area (Å²) in [5.41, 5.74) is 0.0190. The lowest BCUT2D eigenvalue weighted by molar-refractivity contribution is -0.137. The van der Waals surface area contributed by atoms with E-state index in [2.05, 4.69) is 5.10 Å². The second-order valence-corrected chi connectivity index (χ2v) is 7.74. The summed E-state index contributed by atoms with van der Waals surface area (Å²) in [7, 11) is 1.27. The molecule has 0 atom stereocenters. The largest absolute Gasteiger partial charge is 0.416 e. The molecule has 0 unspecified atom stereocenters. The molecule has 2 aromatic heterocycles. The Hall–Kier alpha value is -4.39. The van der Waals surface area contributed by atoms with Crippen molar-refractivity contribution >= 4 is 0 Å². The number of nitriles is 1. The van der Waals surface area contributed by atoms with Gasteiger partial charge in [0, 0.05) is 12.7 Å². The second kappa shape index (κ2) is 8.19. The molecule has 0 saturated carbocycles. The molecule has 0 bridgehead atoms. The van der Waals surface area contributed by atoms with Gasteiger partial charge in [0.1, 0.15) is 0 Å². The van der Waals surface area contributed by atoms with Crippen molar-refractivity contribution < 1.29 is 13.2 Å². The van der Waals surface area contributed by atoms with Crippen LogP contribution >= 0.6 is 0 Å². The first-order valence-electron chi connectivity index (χ1n) is 10.1. The molecule has 0 aliphatic rings. The van der Waals surface area contributed by atoms with Gasteiger partial charge in [-0.05, 0) is 61.9 Å². The van der Waals surface area contributed by atoms with Crippen LogP contribution in [0.2, 0.25) is 0 Å². The minimum atomic E-state index is -4.60. The molecule has 2 aromatic carbocycles. The molecule has 172 valence electrons. The van der Waals surface area contributed by atoms with Crippen LogP contribution in [0.1, 0.15) is 22.4 Å². The van der Waals surface area contributed by atoms with Crippen molar-refractivity contribution in [3.8, 4) is 28.7 Å². The van der Waals surface area contributed by atoms with Gasteiger partial charge in [-0.1, -0.05) is 6.07 Å². The summed E-state index contributed by atoms with van der Waals surface area (Å²) in [5, 5.41) is 13.4. The summed E-state index contributed by atoms with van der Waals surface area (Å²) in [6.07, 6.45) is -3.05. The number of hydrogen-bond acceptors (Lipinski definition) is 4. The van der Waals surface area contributed by atoms with Gasteiger partial charge in [0.05, 0.1) is 46.0 Å². The predicted molar refractivity (Wildman–Crippen MR) is 119 cm³/mol. The molecule has 0 amide bonds. The maximum atomic E-state index is 13.3. The van der Waals surface area contributed by atoms with Crippen LogP contribution in [0.15, 0.2) is 64.3 Å². The van der Waals surface area contributed by atoms with Gasteiger partial charge in [-0.15, -0.1) is 0 Å². The Labute approximate surface area is 191 Å². The molecule has 0 aliphatic carbocycles. The lowest BCUT2D eigenvalue weighted by atomic mass is 10.1. The van der Waals surface area contributed by atoms with Crippen molar-refractivity contribution in [3.63, 3.8) is 0 Å². The van der Waals surface area contributed by atoms with Crippen molar-refractivity contribution in [1.82, 2.24) is 18.9 Å². The molecule has 0 fully saturated rings. The van der Waals surface area contributed by atoms with Crippen molar-refractivity contribution in [2.75, 3.05) is 0 Å². The lowest BCUT2D eigenvalue weighted by Gasteiger charge is -2.18. The predicted octanol–water partition coefficient (Wildman–Crippen LogP) is 3.90. The van der Waals surface area contributed by atoms with Crippen LogP contribution < -0.4 is 11.2 Å². The van der Waals surface area contributed by atoms with Gasteiger partial charge in [-0.25, -0.2) is 9.48 Å². The monoisotopic (exact) mass is 465 g/mol. The Kier molecular flexibility index (Phi) is 5.49. The Balaban J connectivity index is 2.02. The van der Waals surface area contributed by atoms with Gasteiger partial charge >= 0.3 is 11.9 Å². The summed E-state index contributed by atoms with van der Waals surface area (Å²) in [6, 6.07) is 12.9. The minimum Gasteiger partial charge on any atom is -0.268 e. The minimum absolute atomic E-state index is 0.0173. The third-order valence-electron chi connectivity index (χ3n) is 5.56. The summed E-state index contributed by atoms with van der Waals surface area (Å²) >= 11 is 0. The zero-order chi connectivity index (χ0) is 24.8. The summed E-state index contributed by atoms with van der Waals surface area (Å²) in [5.74, 6) is 0. The SMILES string of the molecule is Cc1cnn(-c2ccc(C#N)cc2)c1-c1c(C)n(-c2cccc(C(F)(F)F)c2)c(=O)n(C)c1=O. The van der Waals surface area contributed by atoms with Gasteiger partial charge in [0.2, 0.25) is 0 Å². The molecule has 34 heavy (non-hydrogen) atoms. The highest BCUT2D eigenvalue weighted by Gasteiger charge is 2.31. The Morgan fingerprint density at radius 2 is 1.68 bits per heavy atom. The summed E-state index contributed by atoms with van der Waals surface area (Å²) in [4.78, 5) is 26.2. The molecule has 7 nitrogen and oxygen atoms in total. The number of aryl methyl sites for hydroxylation is 1. The van der Waals surface area contributed by atoms with E-state index in [-0.39, 0.29) is 16.9 Å². The fourth-order valence-corrected chi connectivity index (χ4v) is 3.82. The molecule has 0 saturated heterocycles. The third kappa shape index (κ3) is 3.71. The number of alkyl halides is 3. The second-order valence-electron chi connectivity index (χ2n) is 7.74. The molecule has 0 aliphatic heterocycles. The van der Waals surface area contributed by atoms with Crippen molar-refractivity contribution in [2.45, 2.75) is 20.0 Å². The number of benzene rings is 2. The summed E-state index contributed by atoms with van der Waals surface area (Å²) in [6.45, 7) is 3.25. The van der Waals surface area contributed by atoms with Crippen LogP contribution in [0.3, 0.4) is 0 Å². The average molecular weight is 465 g/mol. The Morgan fingerprint density at radius 3 is 2.29 bits per heavy atom. The fourth-order valence-electron chi connectivity index (χ4n) is 3.82. The van der Waals surface area contributed by atoms with Crippen LogP contribution in [-0.4, -0.2) is 18.9 Å². The van der Waals surface area contributed by atoms with Gasteiger partial charge in [-0.3, -0.25) is 13.9 Å². The number of aromatic nitrogens is 4. The molecule has 10 heteroatoms. The molecule has 4 aromatic rings. The zero-order valence-corrected chi connectivity index (χ0v) is 18.4. The highest BCUT2D eigenvalue weighted by Crippen LogP contribution is 2.31. The van der Waals surface area contributed by atoms with Crippen LogP contribution in [-0.2, 0) is 13.2 Å². The van der Waals surface area contributed by atoms with Gasteiger partial charge in [-0.2, -0.15) is 23.5 Å². The van der Waals surface area contributed by atoms with Crippen molar-refractivity contribution in [1.29, 1.82) is 5.26 Å². The van der Waals surface area contributed by atoms with Gasteiger partial charge in [0.25, 0.3) is 5.56 Å². The van der Waals surface area contributed by atoms with Gasteiger partial charge < -0.3 is 0 Å². The molecule has 0 radical (unpaired) electrons. The zero-order valence-electron chi connectivity index (χ0n) is 18.4. The average Bonchev–Trinajstić information content (AvgIpc) is 3.18. The van der Waals surface area contributed by atoms with E-state index >= 15 is 0 Å². The quantitative estimate of drug-likeness (QED) is 0.459. The van der Waals surface area contributed by atoms with Crippen molar-refractivity contribution in [2.24, 2.45) is 7.05 Å². The van der Waals surface area contributed by atoms with E-state index in [1.807, 2.05) is 6.07 Å². The van der Waals surface area contributed by atoms with Crippen LogP contribution in [0, 0.1) is 25.2 Å². The van der Waals surface area contributed by atoms with E-state index in [4.69, 9.17) is 5.26 Å². The number of halogens is 3. The van der Waals surface area contributed by atoms with E-state index < -0.39 is 23.0 Å². The molecular formula is C24H18F3N5O2. The summed E-state index contributed by atoms with van der Waals surface area (Å²) < 4.78 is 43.4. The Morgan fingerprint density at radius 1 is 1.00 bits per heavy atom. The maximum Gasteiger partial charge on any atom is 0.416 e. The van der Waals surface area contributed by atoms with E-state index in [1.54, 1.807) is 37.4 Å². The Bertz CT molecular complexity index is 1570.